The van der Waals surface area contributed by atoms with E-state index in [9.17, 15) is 14.4 Å². The molecule has 220 valence electrons. The van der Waals surface area contributed by atoms with Crippen LogP contribution in [0, 0.1) is 0 Å². The molecule has 0 saturated carbocycles. The number of esters is 1. The normalized spacial score (nSPS) is 14.1. The number of carbonyl (C=O) groups excluding carboxylic acids is 3. The fourth-order valence-electron chi connectivity index (χ4n) is 4.65. The molecule has 10 nitrogen and oxygen atoms in total. The van der Waals surface area contributed by atoms with Crippen molar-refractivity contribution in [3.63, 3.8) is 0 Å². The summed E-state index contributed by atoms with van der Waals surface area (Å²) in [6.07, 6.45) is 0.477. The summed E-state index contributed by atoms with van der Waals surface area (Å²) < 4.78 is 21.5. The van der Waals surface area contributed by atoms with Crippen molar-refractivity contribution in [2.75, 3.05) is 33.3 Å². The van der Waals surface area contributed by atoms with Crippen LogP contribution in [0.25, 0.3) is 0 Å². The van der Waals surface area contributed by atoms with Gasteiger partial charge in [0.2, 0.25) is 0 Å². The molecular formula is C32H29N3O7S. The molecule has 5 rings (SSSR count). The van der Waals surface area contributed by atoms with E-state index in [4.69, 9.17) is 18.9 Å². The van der Waals surface area contributed by atoms with Crippen LogP contribution < -0.4 is 19.5 Å². The Morgan fingerprint density at radius 1 is 0.907 bits per heavy atom. The maximum Gasteiger partial charge on any atom is 0.340 e. The molecule has 2 heterocycles. The summed E-state index contributed by atoms with van der Waals surface area (Å²) in [5.41, 5.74) is 2.63. The number of anilines is 1. The van der Waals surface area contributed by atoms with E-state index in [1.165, 1.54) is 42.7 Å². The van der Waals surface area contributed by atoms with Crippen LogP contribution in [-0.4, -0.2) is 56.4 Å². The molecule has 0 bridgehead atoms. The van der Waals surface area contributed by atoms with Gasteiger partial charge in [-0.25, -0.2) is 9.80 Å². The second-order valence-corrected chi connectivity index (χ2v) is 10.4. The third-order valence-electron chi connectivity index (χ3n) is 6.84. The molecule has 43 heavy (non-hydrogen) atoms. The number of nitrogens with one attached hydrogen (secondary N) is 1. The summed E-state index contributed by atoms with van der Waals surface area (Å²) >= 11 is 1.26. The third kappa shape index (κ3) is 6.52. The number of hydrogen-bond donors (Lipinski definition) is 1. The highest BCUT2D eigenvalue weighted by atomic mass is 32.1. The van der Waals surface area contributed by atoms with E-state index in [0.29, 0.717) is 22.8 Å². The molecule has 0 aliphatic carbocycles. The van der Waals surface area contributed by atoms with Gasteiger partial charge in [-0.3, -0.25) is 9.59 Å². The van der Waals surface area contributed by atoms with Crippen molar-refractivity contribution in [3.05, 3.63) is 106 Å². The Hall–Kier alpha value is -5.16. The van der Waals surface area contributed by atoms with E-state index < -0.39 is 30.4 Å². The molecule has 2 amide bonds. The lowest BCUT2D eigenvalue weighted by Gasteiger charge is -2.22. The molecule has 1 unspecified atom stereocenters. The van der Waals surface area contributed by atoms with Gasteiger partial charge in [-0.1, -0.05) is 48.5 Å². The molecular weight excluding hydrogens is 570 g/mol. The molecule has 1 aliphatic rings. The van der Waals surface area contributed by atoms with Gasteiger partial charge in [0.15, 0.2) is 18.1 Å². The Kier molecular flexibility index (Phi) is 9.02. The Labute approximate surface area is 252 Å². The van der Waals surface area contributed by atoms with Crippen molar-refractivity contribution >= 4 is 40.5 Å². The van der Waals surface area contributed by atoms with Crippen molar-refractivity contribution in [2.45, 2.75) is 12.5 Å². The molecule has 1 N–H and O–H groups in total. The summed E-state index contributed by atoms with van der Waals surface area (Å²) in [5, 5.41) is 10.5. The van der Waals surface area contributed by atoms with Crippen LogP contribution in [0.3, 0.4) is 0 Å². The van der Waals surface area contributed by atoms with Crippen LogP contribution in [0.5, 0.6) is 17.2 Å². The highest BCUT2D eigenvalue weighted by Gasteiger charge is 2.34. The maximum absolute atomic E-state index is 13.5. The van der Waals surface area contributed by atoms with Crippen molar-refractivity contribution < 1.29 is 33.3 Å². The number of amides is 2. The van der Waals surface area contributed by atoms with Gasteiger partial charge in [0.25, 0.3) is 11.8 Å². The number of benzene rings is 3. The predicted octanol–water partition coefficient (Wildman–Crippen LogP) is 5.56. The van der Waals surface area contributed by atoms with Crippen molar-refractivity contribution in [1.82, 2.24) is 5.01 Å². The van der Waals surface area contributed by atoms with E-state index in [0.717, 1.165) is 16.8 Å². The second kappa shape index (κ2) is 13.2. The van der Waals surface area contributed by atoms with Gasteiger partial charge in [-0.2, -0.15) is 5.10 Å². The third-order valence-corrected chi connectivity index (χ3v) is 7.71. The number of thiophene rings is 1. The first kappa shape index (κ1) is 29.3. The molecule has 0 spiro atoms. The number of hydrogen-bond acceptors (Lipinski definition) is 9. The van der Waals surface area contributed by atoms with Crippen LogP contribution in [-0.2, 0) is 9.53 Å². The van der Waals surface area contributed by atoms with Crippen molar-refractivity contribution in [1.29, 1.82) is 0 Å². The monoisotopic (exact) mass is 599 g/mol. The number of nitrogens with zero attached hydrogens (tertiary/aromatic N) is 2. The van der Waals surface area contributed by atoms with Crippen LogP contribution in [0.1, 0.15) is 43.6 Å². The summed E-state index contributed by atoms with van der Waals surface area (Å²) in [4.78, 5) is 40.1. The molecule has 3 aromatic carbocycles. The predicted molar refractivity (Wildman–Crippen MR) is 162 cm³/mol. The zero-order valence-electron chi connectivity index (χ0n) is 23.7. The lowest BCUT2D eigenvalue weighted by Crippen LogP contribution is -2.31. The largest absolute Gasteiger partial charge is 0.497 e. The quantitative estimate of drug-likeness (QED) is 0.237. The minimum Gasteiger partial charge on any atom is -0.497 e. The molecule has 0 saturated heterocycles. The zero-order valence-corrected chi connectivity index (χ0v) is 24.6. The molecule has 4 aromatic rings. The standard InChI is InChI=1S/C32H29N3O7S/c1-39-22-13-11-21(12-14-22)26-17-24(20-8-5-4-6-9-20)34-35(26)30(36)19-42-32(38)23-16-27(40-2)28(41-3)18-25(23)33-31(37)29-10-7-15-43-29/h4-16,18,26H,17,19H2,1-3H3,(H,33,37). The highest BCUT2D eigenvalue weighted by Crippen LogP contribution is 2.36. The van der Waals surface area contributed by atoms with E-state index in [2.05, 4.69) is 10.4 Å². The second-order valence-electron chi connectivity index (χ2n) is 9.40. The van der Waals surface area contributed by atoms with Gasteiger partial charge in [-0.15, -0.1) is 11.3 Å². The van der Waals surface area contributed by atoms with E-state index in [1.807, 2.05) is 54.6 Å². The maximum atomic E-state index is 13.5. The number of rotatable bonds is 10. The number of hydrazone groups is 1. The SMILES string of the molecule is COc1ccc(C2CC(c3ccccc3)=NN2C(=O)COC(=O)c2cc(OC)c(OC)cc2NC(=O)c2cccs2)cc1. The van der Waals surface area contributed by atoms with Gasteiger partial charge < -0.3 is 24.3 Å². The minimum atomic E-state index is -0.830. The summed E-state index contributed by atoms with van der Waals surface area (Å²) in [5.74, 6) is -0.498. The fraction of sp³-hybridized carbons (Fsp3) is 0.188. The summed E-state index contributed by atoms with van der Waals surface area (Å²) in [6.45, 7) is -0.580. The topological polar surface area (TPSA) is 116 Å². The first-order valence-corrected chi connectivity index (χ1v) is 14.2. The number of ether oxygens (including phenoxy) is 4. The molecule has 0 radical (unpaired) electrons. The number of methoxy groups -OCH3 is 3. The van der Waals surface area contributed by atoms with Crippen molar-refractivity contribution in [2.24, 2.45) is 5.10 Å². The summed E-state index contributed by atoms with van der Waals surface area (Å²) in [6, 6.07) is 22.9. The zero-order chi connectivity index (χ0) is 30.3. The Morgan fingerprint density at radius 3 is 2.28 bits per heavy atom. The van der Waals surface area contributed by atoms with Gasteiger partial charge in [0, 0.05) is 18.6 Å². The Bertz CT molecular complexity index is 1640. The average molecular weight is 600 g/mol. The first-order chi connectivity index (χ1) is 20.9. The lowest BCUT2D eigenvalue weighted by atomic mass is 9.98. The van der Waals surface area contributed by atoms with Crippen LogP contribution in [0.15, 0.2) is 89.3 Å². The average Bonchev–Trinajstić information content (AvgIpc) is 3.75. The van der Waals surface area contributed by atoms with Crippen molar-refractivity contribution in [3.8, 4) is 17.2 Å². The lowest BCUT2D eigenvalue weighted by molar-refractivity contribution is -0.136. The Balaban J connectivity index is 1.38. The van der Waals surface area contributed by atoms with E-state index in [1.54, 1.807) is 24.6 Å². The summed E-state index contributed by atoms with van der Waals surface area (Å²) in [7, 11) is 4.46. The molecule has 0 fully saturated rings. The van der Waals surface area contributed by atoms with E-state index >= 15 is 0 Å². The van der Waals surface area contributed by atoms with Gasteiger partial charge in [0.05, 0.1) is 49.2 Å². The molecule has 1 aliphatic heterocycles. The fourth-order valence-corrected chi connectivity index (χ4v) is 5.26. The van der Waals surface area contributed by atoms with Gasteiger partial charge >= 0.3 is 5.97 Å². The van der Waals surface area contributed by atoms with Crippen LogP contribution >= 0.6 is 11.3 Å². The van der Waals surface area contributed by atoms with E-state index in [-0.39, 0.29) is 17.0 Å². The van der Waals surface area contributed by atoms with Gasteiger partial charge in [-0.05, 0) is 34.7 Å². The van der Waals surface area contributed by atoms with Gasteiger partial charge in [0.1, 0.15) is 5.75 Å². The molecule has 11 heteroatoms. The van der Waals surface area contributed by atoms with Crippen LogP contribution in [0.2, 0.25) is 0 Å². The molecule has 1 atom stereocenters. The van der Waals surface area contributed by atoms with Crippen LogP contribution in [0.4, 0.5) is 5.69 Å². The minimum absolute atomic E-state index is 0.00282. The Morgan fingerprint density at radius 2 is 1.63 bits per heavy atom. The first-order valence-electron chi connectivity index (χ1n) is 13.3. The molecule has 1 aromatic heterocycles. The smallest absolute Gasteiger partial charge is 0.340 e. The highest BCUT2D eigenvalue weighted by molar-refractivity contribution is 7.12. The number of carbonyl (C=O) groups is 3.